The molecule has 0 aromatic carbocycles. The van der Waals surface area contributed by atoms with Crippen LogP contribution < -0.4 is 5.32 Å². The van der Waals surface area contributed by atoms with Crippen LogP contribution in [-0.2, 0) is 9.47 Å². The Labute approximate surface area is 121 Å². The fraction of sp³-hybridized carbons (Fsp3) is 0.818. The van der Waals surface area contributed by atoms with E-state index in [1.807, 2.05) is 0 Å². The molecule has 2 aliphatic rings. The average molecular weight is 305 g/mol. The Balaban J connectivity index is 1.97. The summed E-state index contributed by atoms with van der Waals surface area (Å²) in [5.74, 6) is 0. The second kappa shape index (κ2) is 6.17. The molecule has 2 fully saturated rings. The van der Waals surface area contributed by atoms with Gasteiger partial charge in [0.15, 0.2) is 5.17 Å². The van der Waals surface area contributed by atoms with Gasteiger partial charge in [0.25, 0.3) is 0 Å². The second-order valence-electron chi connectivity index (χ2n) is 4.81. The Morgan fingerprint density at radius 3 is 2.80 bits per heavy atom. The molecule has 8 nitrogen and oxygen atoms in total. The molecule has 2 aliphatic heterocycles. The summed E-state index contributed by atoms with van der Waals surface area (Å²) in [7, 11) is 4.75. The normalized spacial score (nSPS) is 38.2. The minimum Gasteiger partial charge on any atom is -0.447 e. The largest absolute Gasteiger partial charge is 0.447 e. The third-order valence-electron chi connectivity index (χ3n) is 3.16. The smallest absolute Gasteiger partial charge is 0.409 e. The Bertz CT molecular complexity index is 406. The van der Waals surface area contributed by atoms with Crippen LogP contribution in [-0.4, -0.2) is 83.9 Å². The number of hydrogen-bond donors (Lipinski definition) is 3. The molecule has 0 aromatic heterocycles. The number of carbonyl (C=O) groups is 1. The minimum absolute atomic E-state index is 0.113. The number of rotatable bonds is 2. The zero-order valence-corrected chi connectivity index (χ0v) is 12.3. The number of aliphatic hydroxyl groups excluding tert-OH is 2. The summed E-state index contributed by atoms with van der Waals surface area (Å²) in [6.07, 6.45) is -3.43. The van der Waals surface area contributed by atoms with E-state index in [1.165, 1.54) is 16.7 Å². The van der Waals surface area contributed by atoms with Gasteiger partial charge in [-0.05, 0) is 0 Å². The average Bonchev–Trinajstić information content (AvgIpc) is 2.84. The van der Waals surface area contributed by atoms with Crippen LogP contribution in [0.4, 0.5) is 4.79 Å². The van der Waals surface area contributed by atoms with Crippen molar-refractivity contribution in [2.75, 3.05) is 27.7 Å². The van der Waals surface area contributed by atoms with Gasteiger partial charge in [-0.2, -0.15) is 0 Å². The number of thioether (sulfide) groups is 1. The van der Waals surface area contributed by atoms with E-state index >= 15 is 0 Å². The lowest BCUT2D eigenvalue weighted by molar-refractivity contribution is -0.168. The van der Waals surface area contributed by atoms with Crippen LogP contribution in [0.25, 0.3) is 0 Å². The molecule has 0 aliphatic carbocycles. The minimum atomic E-state index is -1.13. The number of hydrogen-bond acceptors (Lipinski definition) is 7. The van der Waals surface area contributed by atoms with Gasteiger partial charge in [-0.15, -0.1) is 0 Å². The van der Waals surface area contributed by atoms with E-state index in [-0.39, 0.29) is 12.0 Å². The van der Waals surface area contributed by atoms with Gasteiger partial charge in [0.2, 0.25) is 0 Å². The first-order valence-corrected chi connectivity index (χ1v) is 7.07. The van der Waals surface area contributed by atoms with E-state index in [1.54, 1.807) is 21.1 Å². The van der Waals surface area contributed by atoms with E-state index in [4.69, 9.17) is 9.47 Å². The molecule has 0 radical (unpaired) electrons. The van der Waals surface area contributed by atoms with Gasteiger partial charge in [0, 0.05) is 21.1 Å². The van der Waals surface area contributed by atoms with E-state index in [0.717, 1.165) is 0 Å². The van der Waals surface area contributed by atoms with Crippen LogP contribution in [0.2, 0.25) is 0 Å². The zero-order valence-electron chi connectivity index (χ0n) is 11.5. The number of nitrogens with zero attached hydrogens (tertiary/aromatic N) is 2. The fourth-order valence-electron chi connectivity index (χ4n) is 2.01. The maximum absolute atomic E-state index is 11.4. The molecule has 5 atom stereocenters. The molecule has 9 heteroatoms. The summed E-state index contributed by atoms with van der Waals surface area (Å²) in [5.41, 5.74) is -0.366. The van der Waals surface area contributed by atoms with Crippen LogP contribution >= 0.6 is 11.8 Å². The molecule has 20 heavy (non-hydrogen) atoms. The van der Waals surface area contributed by atoms with E-state index in [0.29, 0.717) is 5.17 Å². The van der Waals surface area contributed by atoms with Gasteiger partial charge in [-0.1, -0.05) is 11.8 Å². The first kappa shape index (κ1) is 15.4. The summed E-state index contributed by atoms with van der Waals surface area (Å²) in [4.78, 5) is 16.6. The summed E-state index contributed by atoms with van der Waals surface area (Å²) in [5, 5.41) is 23.8. The maximum atomic E-state index is 11.4. The SMILES string of the molecule is CN=C1N[C@@H]2[C@@H](O)[C@@H](O)[C@@H](COC(=O)N(C)C)O[C@@H]2S1. The fourth-order valence-corrected chi connectivity index (χ4v) is 3.11. The summed E-state index contributed by atoms with van der Waals surface area (Å²) >= 11 is 1.34. The molecule has 2 rings (SSSR count). The summed E-state index contributed by atoms with van der Waals surface area (Å²) in [6, 6.07) is -0.422. The van der Waals surface area contributed by atoms with Crippen molar-refractivity contribution in [3.63, 3.8) is 0 Å². The molecule has 114 valence electrons. The predicted octanol–water partition coefficient (Wildman–Crippen LogP) is -1.18. The monoisotopic (exact) mass is 305 g/mol. The molecule has 2 saturated heterocycles. The standard InChI is InChI=1S/C11H19N3O5S/c1-12-10-13-6-8(16)7(15)5(19-9(6)20-10)4-18-11(17)14(2)3/h5-9,15-16H,4H2,1-3H3,(H,12,13)/t5-,6-,7+,8-,9-/m1/s1. The van der Waals surface area contributed by atoms with Crippen molar-refractivity contribution in [1.82, 2.24) is 10.2 Å². The third-order valence-corrected chi connectivity index (χ3v) is 4.32. The number of aliphatic imine (C=N–C) groups is 1. The highest BCUT2D eigenvalue weighted by Gasteiger charge is 2.49. The Kier molecular flexibility index (Phi) is 4.74. The highest BCUT2D eigenvalue weighted by molar-refractivity contribution is 8.14. The quantitative estimate of drug-likeness (QED) is 0.590. The number of carbonyl (C=O) groups excluding carboxylic acids is 1. The molecule has 0 aromatic rings. The first-order valence-electron chi connectivity index (χ1n) is 6.19. The lowest BCUT2D eigenvalue weighted by Gasteiger charge is -2.38. The van der Waals surface area contributed by atoms with E-state index < -0.39 is 30.4 Å². The van der Waals surface area contributed by atoms with E-state index in [2.05, 4.69) is 10.3 Å². The van der Waals surface area contributed by atoms with Crippen molar-refractivity contribution in [3.8, 4) is 0 Å². The number of ether oxygens (including phenoxy) is 2. The Hall–Kier alpha value is -1.03. The zero-order chi connectivity index (χ0) is 14.9. The molecule has 2 heterocycles. The number of aliphatic hydroxyl groups is 2. The third kappa shape index (κ3) is 3.00. The van der Waals surface area contributed by atoms with Gasteiger partial charge in [0.05, 0.1) is 6.04 Å². The van der Waals surface area contributed by atoms with Crippen molar-refractivity contribution in [3.05, 3.63) is 0 Å². The van der Waals surface area contributed by atoms with Gasteiger partial charge < -0.3 is 29.9 Å². The number of fused-ring (bicyclic) bond motifs is 1. The van der Waals surface area contributed by atoms with Crippen molar-refractivity contribution in [2.45, 2.75) is 29.8 Å². The number of amidine groups is 1. The topological polar surface area (TPSA) is 104 Å². The molecule has 0 spiro atoms. The summed E-state index contributed by atoms with van der Waals surface area (Å²) < 4.78 is 10.7. The van der Waals surface area contributed by atoms with Crippen LogP contribution in [0.1, 0.15) is 0 Å². The molecule has 0 bridgehead atoms. The van der Waals surface area contributed by atoms with Gasteiger partial charge in [-0.3, -0.25) is 4.99 Å². The first-order chi connectivity index (χ1) is 9.43. The lowest BCUT2D eigenvalue weighted by atomic mass is 9.98. The highest BCUT2D eigenvalue weighted by atomic mass is 32.2. The molecular weight excluding hydrogens is 286 g/mol. The van der Waals surface area contributed by atoms with Crippen molar-refractivity contribution in [2.24, 2.45) is 4.99 Å². The van der Waals surface area contributed by atoms with Gasteiger partial charge in [0.1, 0.15) is 30.4 Å². The lowest BCUT2D eigenvalue weighted by Crippen LogP contribution is -2.60. The Morgan fingerprint density at radius 2 is 2.20 bits per heavy atom. The van der Waals surface area contributed by atoms with Crippen molar-refractivity contribution < 1.29 is 24.5 Å². The number of nitrogens with one attached hydrogen (secondary N) is 1. The summed E-state index contributed by atoms with van der Waals surface area (Å²) in [6.45, 7) is -0.113. The second-order valence-corrected chi connectivity index (χ2v) is 5.90. The molecular formula is C11H19N3O5S. The highest BCUT2D eigenvalue weighted by Crippen LogP contribution is 2.33. The van der Waals surface area contributed by atoms with Gasteiger partial charge >= 0.3 is 6.09 Å². The van der Waals surface area contributed by atoms with E-state index in [9.17, 15) is 15.0 Å². The maximum Gasteiger partial charge on any atom is 0.409 e. The predicted molar refractivity (Wildman–Crippen MR) is 73.6 cm³/mol. The molecule has 3 N–H and O–H groups in total. The van der Waals surface area contributed by atoms with Crippen LogP contribution in [0.5, 0.6) is 0 Å². The molecule has 0 unspecified atom stereocenters. The molecule has 1 amide bonds. The van der Waals surface area contributed by atoms with Gasteiger partial charge in [-0.25, -0.2) is 4.79 Å². The van der Waals surface area contributed by atoms with Crippen LogP contribution in [0.3, 0.4) is 0 Å². The Morgan fingerprint density at radius 1 is 1.50 bits per heavy atom. The van der Waals surface area contributed by atoms with Crippen LogP contribution in [0.15, 0.2) is 4.99 Å². The number of amides is 1. The van der Waals surface area contributed by atoms with Crippen molar-refractivity contribution >= 4 is 23.0 Å². The van der Waals surface area contributed by atoms with Crippen LogP contribution in [0, 0.1) is 0 Å². The molecule has 0 saturated carbocycles. The van der Waals surface area contributed by atoms with Crippen molar-refractivity contribution in [1.29, 1.82) is 0 Å².